The van der Waals surface area contributed by atoms with Crippen molar-refractivity contribution < 1.29 is 13.9 Å². The average molecular weight is 369 g/mol. The Morgan fingerprint density at radius 1 is 0.889 bits per heavy atom. The fourth-order valence-corrected chi connectivity index (χ4v) is 3.56. The van der Waals surface area contributed by atoms with Gasteiger partial charge in [-0.05, 0) is 60.4 Å². The lowest BCUT2D eigenvalue weighted by Gasteiger charge is -2.35. The lowest BCUT2D eigenvalue weighted by molar-refractivity contribution is 0.116. The van der Waals surface area contributed by atoms with Crippen molar-refractivity contribution in [1.82, 2.24) is 4.90 Å². The molecule has 0 saturated carbocycles. The summed E-state index contributed by atoms with van der Waals surface area (Å²) in [5.41, 5.74) is 1.82. The Morgan fingerprint density at radius 2 is 1.63 bits per heavy atom. The first-order valence-corrected chi connectivity index (χ1v) is 9.29. The Hall–Kier alpha value is -2.30. The maximum atomic E-state index is 13.6. The lowest BCUT2D eigenvalue weighted by atomic mass is 9.97. The number of hydrogen-bond acceptors (Lipinski definition) is 2. The van der Waals surface area contributed by atoms with Crippen LogP contribution in [0.4, 0.5) is 8.78 Å². The predicted molar refractivity (Wildman–Crippen MR) is 105 cm³/mol. The molecule has 1 atom stereocenters. The van der Waals surface area contributed by atoms with E-state index < -0.39 is 11.6 Å². The summed E-state index contributed by atoms with van der Waals surface area (Å²) in [5, 5.41) is 12.0. The van der Waals surface area contributed by atoms with E-state index in [2.05, 4.69) is 49.1 Å². The lowest BCUT2D eigenvalue weighted by Crippen LogP contribution is -2.35. The molecule has 0 amide bonds. The molecule has 0 bridgehead atoms. The first-order chi connectivity index (χ1) is 13.0. The Bertz CT molecular complexity index is 910. The summed E-state index contributed by atoms with van der Waals surface area (Å²) in [6.07, 6.45) is 0.570. The fourth-order valence-electron chi connectivity index (χ4n) is 3.56. The zero-order valence-corrected chi connectivity index (χ0v) is 15.7. The second-order valence-electron chi connectivity index (χ2n) is 7.15. The number of halogens is 2. The number of fused-ring (bicyclic) bond motifs is 1. The summed E-state index contributed by atoms with van der Waals surface area (Å²) in [5.74, 6) is -1.67. The van der Waals surface area contributed by atoms with Gasteiger partial charge in [-0.25, -0.2) is 8.78 Å². The van der Waals surface area contributed by atoms with Gasteiger partial charge in [0.1, 0.15) is 0 Å². The molecule has 1 N–H and O–H groups in total. The Balaban J connectivity index is 1.95. The molecule has 0 aliphatic heterocycles. The molecular weight excluding hydrogens is 344 g/mol. The van der Waals surface area contributed by atoms with Crippen molar-refractivity contribution in [2.24, 2.45) is 0 Å². The molecule has 0 spiro atoms. The van der Waals surface area contributed by atoms with Gasteiger partial charge in [-0.15, -0.1) is 0 Å². The molecule has 0 heterocycles. The Labute approximate surface area is 159 Å². The predicted octanol–water partition coefficient (Wildman–Crippen LogP) is 5.45. The van der Waals surface area contributed by atoms with Gasteiger partial charge < -0.3 is 5.11 Å². The minimum absolute atomic E-state index is 0.0206. The summed E-state index contributed by atoms with van der Waals surface area (Å²) in [4.78, 5) is 2.22. The molecular formula is C23H25F2NO. The number of rotatable bonds is 7. The molecule has 27 heavy (non-hydrogen) atoms. The largest absolute Gasteiger partial charge is 0.396 e. The van der Waals surface area contributed by atoms with E-state index in [1.165, 1.54) is 17.5 Å². The summed E-state index contributed by atoms with van der Waals surface area (Å²) in [7, 11) is 0. The molecule has 0 aliphatic carbocycles. The molecule has 0 saturated heterocycles. The number of aliphatic hydroxyl groups is 1. The van der Waals surface area contributed by atoms with Gasteiger partial charge >= 0.3 is 0 Å². The second kappa shape index (κ2) is 8.59. The third-order valence-electron chi connectivity index (χ3n) is 4.97. The highest BCUT2D eigenvalue weighted by Crippen LogP contribution is 2.30. The number of benzene rings is 3. The van der Waals surface area contributed by atoms with Crippen molar-refractivity contribution in [3.05, 3.63) is 83.4 Å². The van der Waals surface area contributed by atoms with Gasteiger partial charge in [0.05, 0.1) is 0 Å². The number of aliphatic hydroxyl groups excluding tert-OH is 1. The smallest absolute Gasteiger partial charge is 0.159 e. The van der Waals surface area contributed by atoms with Crippen LogP contribution >= 0.6 is 0 Å². The number of nitrogens with zero attached hydrogens (tertiary/aromatic N) is 1. The molecule has 0 radical (unpaired) electrons. The molecule has 2 nitrogen and oxygen atoms in total. The molecule has 3 rings (SSSR count). The fraction of sp³-hybridized carbons (Fsp3) is 0.304. The van der Waals surface area contributed by atoms with Crippen LogP contribution in [0.3, 0.4) is 0 Å². The minimum Gasteiger partial charge on any atom is -0.396 e. The molecule has 3 aromatic carbocycles. The van der Waals surface area contributed by atoms with Gasteiger partial charge in [0.25, 0.3) is 0 Å². The van der Waals surface area contributed by atoms with Crippen molar-refractivity contribution in [2.45, 2.75) is 38.9 Å². The minimum atomic E-state index is -0.837. The van der Waals surface area contributed by atoms with Gasteiger partial charge in [-0.1, -0.05) is 42.5 Å². The van der Waals surface area contributed by atoms with Gasteiger partial charge in [0, 0.05) is 25.2 Å². The molecule has 4 heteroatoms. The van der Waals surface area contributed by atoms with Crippen molar-refractivity contribution in [3.63, 3.8) is 0 Å². The molecule has 142 valence electrons. The molecule has 0 fully saturated rings. The van der Waals surface area contributed by atoms with Crippen molar-refractivity contribution in [2.75, 3.05) is 6.61 Å². The standard InChI is InChI=1S/C23H25F2NO/c1-16(2)26(15-17-7-10-21(24)22(25)13-17)23(11-12-27)20-9-8-18-5-3-4-6-19(18)14-20/h3-10,13-14,16,23,27H,11-12,15H2,1-2H3. The highest BCUT2D eigenvalue weighted by molar-refractivity contribution is 5.83. The highest BCUT2D eigenvalue weighted by Gasteiger charge is 2.23. The first-order valence-electron chi connectivity index (χ1n) is 9.29. The summed E-state index contributed by atoms with van der Waals surface area (Å²) < 4.78 is 26.9. The number of hydrogen-bond donors (Lipinski definition) is 1. The maximum absolute atomic E-state index is 13.6. The average Bonchev–Trinajstić information content (AvgIpc) is 2.66. The molecule has 0 aromatic heterocycles. The van der Waals surface area contributed by atoms with Crippen molar-refractivity contribution in [3.8, 4) is 0 Å². The zero-order valence-electron chi connectivity index (χ0n) is 15.7. The van der Waals surface area contributed by atoms with E-state index in [0.29, 0.717) is 18.5 Å². The van der Waals surface area contributed by atoms with Gasteiger partial charge in [0.2, 0.25) is 0 Å². The third-order valence-corrected chi connectivity index (χ3v) is 4.97. The van der Waals surface area contributed by atoms with E-state index in [1.807, 2.05) is 12.1 Å². The highest BCUT2D eigenvalue weighted by atomic mass is 19.2. The van der Waals surface area contributed by atoms with E-state index in [1.54, 1.807) is 6.07 Å². The summed E-state index contributed by atoms with van der Waals surface area (Å²) in [6, 6.07) is 18.7. The van der Waals surface area contributed by atoms with Crippen LogP contribution in [-0.2, 0) is 6.54 Å². The SMILES string of the molecule is CC(C)N(Cc1ccc(F)c(F)c1)C(CCO)c1ccc2ccccc2c1. The second-order valence-corrected chi connectivity index (χ2v) is 7.15. The van der Waals surface area contributed by atoms with Crippen molar-refractivity contribution >= 4 is 10.8 Å². The van der Waals surface area contributed by atoms with E-state index in [4.69, 9.17) is 0 Å². The van der Waals surface area contributed by atoms with Gasteiger partial charge in [-0.3, -0.25) is 4.90 Å². The Kier molecular flexibility index (Phi) is 6.19. The van der Waals surface area contributed by atoms with Gasteiger partial charge in [-0.2, -0.15) is 0 Å². The van der Waals surface area contributed by atoms with E-state index in [0.717, 1.165) is 10.9 Å². The molecule has 0 aliphatic rings. The topological polar surface area (TPSA) is 23.5 Å². The first kappa shape index (κ1) is 19.5. The normalized spacial score (nSPS) is 12.9. The van der Waals surface area contributed by atoms with Crippen LogP contribution in [0.2, 0.25) is 0 Å². The molecule has 3 aromatic rings. The van der Waals surface area contributed by atoms with Crippen LogP contribution in [0.1, 0.15) is 37.4 Å². The quantitative estimate of drug-likeness (QED) is 0.598. The van der Waals surface area contributed by atoms with Crippen LogP contribution in [0.5, 0.6) is 0 Å². The summed E-state index contributed by atoms with van der Waals surface area (Å²) in [6.45, 7) is 4.68. The van der Waals surface area contributed by atoms with Crippen LogP contribution in [0.25, 0.3) is 10.8 Å². The third kappa shape index (κ3) is 4.52. The monoisotopic (exact) mass is 369 g/mol. The van der Waals surface area contributed by atoms with Crippen LogP contribution in [0.15, 0.2) is 60.7 Å². The van der Waals surface area contributed by atoms with Crippen LogP contribution in [0, 0.1) is 11.6 Å². The van der Waals surface area contributed by atoms with Crippen LogP contribution in [-0.4, -0.2) is 22.7 Å². The summed E-state index contributed by atoms with van der Waals surface area (Å²) >= 11 is 0. The van der Waals surface area contributed by atoms with E-state index in [-0.39, 0.29) is 18.7 Å². The van der Waals surface area contributed by atoms with E-state index in [9.17, 15) is 13.9 Å². The van der Waals surface area contributed by atoms with E-state index >= 15 is 0 Å². The van der Waals surface area contributed by atoms with Crippen LogP contribution < -0.4 is 0 Å². The van der Waals surface area contributed by atoms with Gasteiger partial charge in [0.15, 0.2) is 11.6 Å². The Morgan fingerprint density at radius 3 is 2.30 bits per heavy atom. The zero-order chi connectivity index (χ0) is 19.4. The molecule has 1 unspecified atom stereocenters. The maximum Gasteiger partial charge on any atom is 0.159 e. The van der Waals surface area contributed by atoms with Crippen molar-refractivity contribution in [1.29, 1.82) is 0 Å².